The van der Waals surface area contributed by atoms with Crippen molar-refractivity contribution in [3.8, 4) is 0 Å². The van der Waals surface area contributed by atoms with Gasteiger partial charge in [-0.3, -0.25) is 14.4 Å². The highest BCUT2D eigenvalue weighted by molar-refractivity contribution is 5.98. The molecule has 0 atom stereocenters. The summed E-state index contributed by atoms with van der Waals surface area (Å²) in [6.07, 6.45) is 0. The number of anilines is 2. The molecule has 0 aliphatic carbocycles. The van der Waals surface area contributed by atoms with Gasteiger partial charge in [0.25, 0.3) is 11.8 Å². The van der Waals surface area contributed by atoms with Crippen LogP contribution in [0.4, 0.5) is 11.4 Å². The highest BCUT2D eigenvalue weighted by atomic mass is 16.2. The Morgan fingerprint density at radius 1 is 0.759 bits per heavy atom. The molecule has 29 heavy (non-hydrogen) atoms. The number of rotatable bonds is 8. The second-order valence-electron chi connectivity index (χ2n) is 7.32. The van der Waals surface area contributed by atoms with E-state index < -0.39 is 0 Å². The molecule has 154 valence electrons. The highest BCUT2D eigenvalue weighted by Crippen LogP contribution is 2.12. The molecule has 7 nitrogen and oxygen atoms in total. The molecular formula is C22H28N4O3. The van der Waals surface area contributed by atoms with E-state index in [-0.39, 0.29) is 36.3 Å². The molecule has 4 N–H and O–H groups in total. The lowest BCUT2D eigenvalue weighted by atomic mass is 10.1. The first-order valence-electron chi connectivity index (χ1n) is 9.60. The van der Waals surface area contributed by atoms with Gasteiger partial charge in [0.05, 0.1) is 6.54 Å². The largest absolute Gasteiger partial charge is 0.376 e. The minimum atomic E-state index is -0.243. The Morgan fingerprint density at radius 2 is 1.34 bits per heavy atom. The van der Waals surface area contributed by atoms with Gasteiger partial charge in [-0.2, -0.15) is 0 Å². The van der Waals surface area contributed by atoms with Gasteiger partial charge in [-0.05, 0) is 70.2 Å². The van der Waals surface area contributed by atoms with Crippen molar-refractivity contribution in [3.05, 3.63) is 59.7 Å². The fourth-order valence-corrected chi connectivity index (χ4v) is 2.56. The lowest BCUT2D eigenvalue weighted by Crippen LogP contribution is -2.30. The van der Waals surface area contributed by atoms with Crippen LogP contribution in [0.3, 0.4) is 0 Å². The standard InChI is InChI=1S/C22H28N4O3/c1-14(2)24-21(28)16-8-10-18(11-9-16)23-13-20(27)26-19-7-5-6-17(12-19)22(29)25-15(3)4/h5-12,14-15,23H,13H2,1-4H3,(H,24,28)(H,25,29)(H,26,27). The maximum absolute atomic E-state index is 12.2. The molecule has 0 aromatic heterocycles. The Balaban J connectivity index is 1.88. The molecule has 2 rings (SSSR count). The van der Waals surface area contributed by atoms with Crippen LogP contribution in [0, 0.1) is 0 Å². The highest BCUT2D eigenvalue weighted by Gasteiger charge is 2.10. The Bertz CT molecular complexity index is 861. The van der Waals surface area contributed by atoms with Gasteiger partial charge in [0.1, 0.15) is 0 Å². The van der Waals surface area contributed by atoms with Crippen LogP contribution < -0.4 is 21.3 Å². The summed E-state index contributed by atoms with van der Waals surface area (Å²) in [5.41, 5.74) is 2.32. The van der Waals surface area contributed by atoms with Gasteiger partial charge in [0, 0.05) is 34.6 Å². The number of carbonyl (C=O) groups excluding carboxylic acids is 3. The van der Waals surface area contributed by atoms with E-state index in [1.165, 1.54) is 0 Å². The number of carbonyl (C=O) groups is 3. The van der Waals surface area contributed by atoms with Gasteiger partial charge in [-0.1, -0.05) is 6.07 Å². The normalized spacial score (nSPS) is 10.6. The van der Waals surface area contributed by atoms with E-state index in [2.05, 4.69) is 21.3 Å². The summed E-state index contributed by atoms with van der Waals surface area (Å²) in [6.45, 7) is 7.63. The molecule has 0 aliphatic rings. The molecule has 2 aromatic carbocycles. The van der Waals surface area contributed by atoms with Crippen LogP contribution in [0.2, 0.25) is 0 Å². The predicted octanol–water partition coefficient (Wildman–Crippen LogP) is 3.01. The third-order valence-corrected chi connectivity index (χ3v) is 3.85. The van der Waals surface area contributed by atoms with Crippen molar-refractivity contribution in [3.63, 3.8) is 0 Å². The zero-order valence-electron chi connectivity index (χ0n) is 17.2. The van der Waals surface area contributed by atoms with E-state index in [0.29, 0.717) is 16.8 Å². The lowest BCUT2D eigenvalue weighted by Gasteiger charge is -2.11. The molecule has 0 heterocycles. The molecule has 0 saturated carbocycles. The van der Waals surface area contributed by atoms with E-state index in [0.717, 1.165) is 5.69 Å². The first-order chi connectivity index (χ1) is 13.7. The Hall–Kier alpha value is -3.35. The summed E-state index contributed by atoms with van der Waals surface area (Å²) in [4.78, 5) is 36.2. The van der Waals surface area contributed by atoms with Crippen LogP contribution >= 0.6 is 0 Å². The van der Waals surface area contributed by atoms with Gasteiger partial charge < -0.3 is 21.3 Å². The van der Waals surface area contributed by atoms with Crippen molar-refractivity contribution in [2.75, 3.05) is 17.2 Å². The summed E-state index contributed by atoms with van der Waals surface area (Å²) in [7, 11) is 0. The second kappa shape index (κ2) is 10.3. The summed E-state index contributed by atoms with van der Waals surface area (Å²) >= 11 is 0. The van der Waals surface area contributed by atoms with Crippen LogP contribution in [0.25, 0.3) is 0 Å². The second-order valence-corrected chi connectivity index (χ2v) is 7.32. The molecule has 0 aliphatic heterocycles. The van der Waals surface area contributed by atoms with Gasteiger partial charge in [-0.15, -0.1) is 0 Å². The summed E-state index contributed by atoms with van der Waals surface area (Å²) in [5.74, 6) is -0.561. The maximum Gasteiger partial charge on any atom is 0.251 e. The topological polar surface area (TPSA) is 99.3 Å². The van der Waals surface area contributed by atoms with Gasteiger partial charge >= 0.3 is 0 Å². The average molecular weight is 396 g/mol. The zero-order chi connectivity index (χ0) is 21.4. The van der Waals surface area contributed by atoms with Crippen LogP contribution in [0.15, 0.2) is 48.5 Å². The summed E-state index contributed by atoms with van der Waals surface area (Å²) in [6, 6.07) is 13.8. The predicted molar refractivity (Wildman–Crippen MR) is 115 cm³/mol. The van der Waals surface area contributed by atoms with Crippen molar-refractivity contribution in [2.24, 2.45) is 0 Å². The molecule has 7 heteroatoms. The average Bonchev–Trinajstić information content (AvgIpc) is 2.66. The third-order valence-electron chi connectivity index (χ3n) is 3.85. The Morgan fingerprint density at radius 3 is 1.93 bits per heavy atom. The maximum atomic E-state index is 12.2. The zero-order valence-corrected chi connectivity index (χ0v) is 17.2. The van der Waals surface area contributed by atoms with Gasteiger partial charge in [0.15, 0.2) is 0 Å². The quantitative estimate of drug-likeness (QED) is 0.551. The van der Waals surface area contributed by atoms with Crippen LogP contribution in [0.5, 0.6) is 0 Å². The van der Waals surface area contributed by atoms with E-state index in [4.69, 9.17) is 0 Å². The molecule has 3 amide bonds. The first kappa shape index (κ1) is 21.9. The minimum absolute atomic E-state index is 0.0350. The molecule has 0 saturated heterocycles. The minimum Gasteiger partial charge on any atom is -0.376 e. The lowest BCUT2D eigenvalue weighted by molar-refractivity contribution is -0.114. The van der Waals surface area contributed by atoms with E-state index >= 15 is 0 Å². The molecule has 0 bridgehead atoms. The molecule has 0 spiro atoms. The molecule has 0 fully saturated rings. The number of hydrogen-bond acceptors (Lipinski definition) is 4. The van der Waals surface area contributed by atoms with E-state index in [9.17, 15) is 14.4 Å². The van der Waals surface area contributed by atoms with Crippen molar-refractivity contribution < 1.29 is 14.4 Å². The molecule has 0 radical (unpaired) electrons. The van der Waals surface area contributed by atoms with Gasteiger partial charge in [0.2, 0.25) is 5.91 Å². The van der Waals surface area contributed by atoms with Crippen molar-refractivity contribution in [1.29, 1.82) is 0 Å². The Kier molecular flexibility index (Phi) is 7.77. The van der Waals surface area contributed by atoms with E-state index in [1.807, 2.05) is 27.7 Å². The van der Waals surface area contributed by atoms with E-state index in [1.54, 1.807) is 48.5 Å². The monoisotopic (exact) mass is 396 g/mol. The van der Waals surface area contributed by atoms with Gasteiger partial charge in [-0.25, -0.2) is 0 Å². The van der Waals surface area contributed by atoms with Crippen LogP contribution in [-0.4, -0.2) is 36.3 Å². The molecule has 2 aromatic rings. The van der Waals surface area contributed by atoms with Crippen LogP contribution in [-0.2, 0) is 4.79 Å². The SMILES string of the molecule is CC(C)NC(=O)c1ccc(NCC(=O)Nc2cccc(C(=O)NC(C)C)c2)cc1. The number of hydrogen-bond donors (Lipinski definition) is 4. The molecular weight excluding hydrogens is 368 g/mol. The summed E-state index contributed by atoms with van der Waals surface area (Å²) < 4.78 is 0. The number of benzene rings is 2. The first-order valence-corrected chi connectivity index (χ1v) is 9.60. The summed E-state index contributed by atoms with van der Waals surface area (Å²) in [5, 5.41) is 11.4. The number of nitrogens with one attached hydrogen (secondary N) is 4. The fourth-order valence-electron chi connectivity index (χ4n) is 2.56. The smallest absolute Gasteiger partial charge is 0.251 e. The number of amides is 3. The van der Waals surface area contributed by atoms with Crippen molar-refractivity contribution >= 4 is 29.1 Å². The Labute approximate surface area is 171 Å². The fraction of sp³-hybridized carbons (Fsp3) is 0.318. The third kappa shape index (κ3) is 7.29. The molecule has 0 unspecified atom stereocenters. The van der Waals surface area contributed by atoms with Crippen molar-refractivity contribution in [1.82, 2.24) is 10.6 Å². The van der Waals surface area contributed by atoms with Crippen LogP contribution in [0.1, 0.15) is 48.4 Å². The van der Waals surface area contributed by atoms with Crippen molar-refractivity contribution in [2.45, 2.75) is 39.8 Å².